The Morgan fingerprint density at radius 2 is 1.62 bits per heavy atom. The number of hydrogen-bond acceptors (Lipinski definition) is 2. The number of benzene rings is 1. The van der Waals surface area contributed by atoms with Gasteiger partial charge in [0, 0.05) is 11.6 Å². The number of nitrogens with two attached hydrogens (primary N) is 1. The van der Waals surface area contributed by atoms with E-state index < -0.39 is 37.3 Å². The van der Waals surface area contributed by atoms with Crippen molar-refractivity contribution in [2.24, 2.45) is 5.73 Å². The third-order valence-corrected chi connectivity index (χ3v) is 9.83. The van der Waals surface area contributed by atoms with Gasteiger partial charge < -0.3 is 10.2 Å². The maximum absolute atomic E-state index is 15.2. The van der Waals surface area contributed by atoms with Crippen LogP contribution in [-0.2, 0) is 10.3 Å². The van der Waals surface area contributed by atoms with Crippen LogP contribution < -0.4 is 5.73 Å². The Bertz CT molecular complexity index is 549. The van der Waals surface area contributed by atoms with Crippen molar-refractivity contribution < 1.29 is 17.6 Å². The molecule has 1 unspecified atom stereocenters. The molecule has 1 atom stereocenters. The van der Waals surface area contributed by atoms with Crippen LogP contribution in [0.4, 0.5) is 13.2 Å². The Balaban J connectivity index is 3.34. The van der Waals surface area contributed by atoms with Crippen LogP contribution in [0, 0.1) is 5.82 Å². The zero-order chi connectivity index (χ0) is 18.8. The zero-order valence-electron chi connectivity index (χ0n) is 15.6. The van der Waals surface area contributed by atoms with Crippen LogP contribution in [0.25, 0.3) is 0 Å². The highest BCUT2D eigenvalue weighted by atomic mass is 28.4. The molecule has 1 rings (SSSR count). The van der Waals surface area contributed by atoms with Crippen molar-refractivity contribution in [1.29, 1.82) is 0 Å². The number of alkyl halides is 2. The van der Waals surface area contributed by atoms with Gasteiger partial charge in [0.05, 0.1) is 5.56 Å². The molecule has 138 valence electrons. The molecule has 24 heavy (non-hydrogen) atoms. The predicted molar refractivity (Wildman–Crippen MR) is 95.3 cm³/mol. The SMILES string of the molecule is CC[Si](CC)(CC)OC(C)(C)C(F)(F)c1cccc(C(C)N)c1F. The second kappa shape index (κ2) is 7.58. The summed E-state index contributed by atoms with van der Waals surface area (Å²) in [6.45, 7) is 10.2. The largest absolute Gasteiger partial charge is 0.405 e. The molecule has 0 aliphatic rings. The second-order valence-corrected chi connectivity index (χ2v) is 11.6. The molecule has 2 nitrogen and oxygen atoms in total. The molecule has 0 bridgehead atoms. The molecule has 0 saturated carbocycles. The minimum Gasteiger partial charge on any atom is -0.405 e. The fraction of sp³-hybridized carbons (Fsp3) is 0.667. The molecule has 1 aromatic carbocycles. The maximum atomic E-state index is 15.2. The normalized spacial score (nSPS) is 14.8. The van der Waals surface area contributed by atoms with Gasteiger partial charge in [-0.05, 0) is 45.0 Å². The average Bonchev–Trinajstić information content (AvgIpc) is 2.52. The van der Waals surface area contributed by atoms with Crippen LogP contribution in [-0.4, -0.2) is 13.9 Å². The average molecular weight is 362 g/mol. The first kappa shape index (κ1) is 21.2. The Morgan fingerprint density at radius 1 is 1.12 bits per heavy atom. The van der Waals surface area contributed by atoms with Gasteiger partial charge in [0.15, 0.2) is 8.32 Å². The molecule has 0 fully saturated rings. The summed E-state index contributed by atoms with van der Waals surface area (Å²) in [5.41, 5.74) is 3.35. The Hall–Kier alpha value is -0.853. The minimum absolute atomic E-state index is 0.0907. The van der Waals surface area contributed by atoms with Gasteiger partial charge in [0.2, 0.25) is 0 Å². The highest BCUT2D eigenvalue weighted by Crippen LogP contribution is 2.45. The van der Waals surface area contributed by atoms with Gasteiger partial charge in [-0.2, -0.15) is 8.78 Å². The van der Waals surface area contributed by atoms with Gasteiger partial charge in [-0.15, -0.1) is 0 Å². The monoisotopic (exact) mass is 361 g/mol. The first-order valence-corrected chi connectivity index (χ1v) is 11.1. The molecule has 6 heteroatoms. The molecule has 0 radical (unpaired) electrons. The van der Waals surface area contributed by atoms with Crippen molar-refractivity contribution in [2.75, 3.05) is 0 Å². The van der Waals surface area contributed by atoms with E-state index in [2.05, 4.69) is 0 Å². The Morgan fingerprint density at radius 3 is 2.04 bits per heavy atom. The van der Waals surface area contributed by atoms with E-state index in [1.807, 2.05) is 20.8 Å². The van der Waals surface area contributed by atoms with E-state index in [9.17, 15) is 4.39 Å². The van der Waals surface area contributed by atoms with Crippen molar-refractivity contribution in [1.82, 2.24) is 0 Å². The lowest BCUT2D eigenvalue weighted by molar-refractivity contribution is -0.161. The molecular weight excluding hydrogens is 331 g/mol. The van der Waals surface area contributed by atoms with Gasteiger partial charge in [-0.1, -0.05) is 32.9 Å². The fourth-order valence-corrected chi connectivity index (χ4v) is 6.18. The van der Waals surface area contributed by atoms with Crippen molar-refractivity contribution in [2.45, 2.75) is 77.2 Å². The van der Waals surface area contributed by atoms with E-state index in [0.717, 1.165) is 24.2 Å². The molecule has 0 amide bonds. The van der Waals surface area contributed by atoms with Gasteiger partial charge in [-0.25, -0.2) is 4.39 Å². The minimum atomic E-state index is -3.46. The van der Waals surface area contributed by atoms with E-state index in [4.69, 9.17) is 10.2 Å². The van der Waals surface area contributed by atoms with E-state index in [-0.39, 0.29) is 5.56 Å². The predicted octanol–water partition coefficient (Wildman–Crippen LogP) is 5.74. The molecule has 0 spiro atoms. The van der Waals surface area contributed by atoms with Gasteiger partial charge in [0.25, 0.3) is 0 Å². The summed E-state index contributed by atoms with van der Waals surface area (Å²) in [4.78, 5) is 0. The second-order valence-electron chi connectivity index (χ2n) is 6.93. The van der Waals surface area contributed by atoms with E-state index >= 15 is 8.78 Å². The molecule has 2 N–H and O–H groups in total. The molecule has 0 saturated heterocycles. The topological polar surface area (TPSA) is 35.2 Å². The van der Waals surface area contributed by atoms with Crippen LogP contribution in [0.15, 0.2) is 18.2 Å². The van der Waals surface area contributed by atoms with Gasteiger partial charge in [0.1, 0.15) is 11.4 Å². The van der Waals surface area contributed by atoms with E-state index in [1.165, 1.54) is 26.0 Å². The summed E-state index contributed by atoms with van der Waals surface area (Å²) in [5, 5.41) is 0. The third-order valence-electron chi connectivity index (χ3n) is 5.02. The summed E-state index contributed by atoms with van der Waals surface area (Å²) in [6, 6.07) is 5.59. The highest BCUT2D eigenvalue weighted by molar-refractivity contribution is 6.73. The molecule has 0 aliphatic carbocycles. The summed E-state index contributed by atoms with van der Waals surface area (Å²) in [7, 11) is -2.28. The van der Waals surface area contributed by atoms with Crippen LogP contribution in [0.5, 0.6) is 0 Å². The lowest BCUT2D eigenvalue weighted by atomic mass is 9.91. The van der Waals surface area contributed by atoms with Crippen LogP contribution in [0.1, 0.15) is 58.7 Å². The number of rotatable bonds is 8. The quantitative estimate of drug-likeness (QED) is 0.599. The smallest absolute Gasteiger partial charge is 0.302 e. The molecule has 0 aliphatic heterocycles. The third kappa shape index (κ3) is 3.86. The zero-order valence-corrected chi connectivity index (χ0v) is 16.6. The van der Waals surface area contributed by atoms with Crippen molar-refractivity contribution in [3.8, 4) is 0 Å². The summed E-state index contributed by atoms with van der Waals surface area (Å²) in [5.74, 6) is -4.40. The van der Waals surface area contributed by atoms with Crippen molar-refractivity contribution >= 4 is 8.32 Å². The lowest BCUT2D eigenvalue weighted by Gasteiger charge is -2.42. The standard InChI is InChI=1S/C18H30F3NOSi/c1-7-24(8-2,9-3)23-17(5,6)18(20,21)15-12-10-11-14(13(4)22)16(15)19/h10-13H,7-9,22H2,1-6H3. The molecule has 0 aromatic heterocycles. The summed E-state index contributed by atoms with van der Waals surface area (Å²) >= 11 is 0. The maximum Gasteiger partial charge on any atom is 0.302 e. The Kier molecular flexibility index (Phi) is 6.69. The van der Waals surface area contributed by atoms with E-state index in [0.29, 0.717) is 0 Å². The van der Waals surface area contributed by atoms with Crippen molar-refractivity contribution in [3.63, 3.8) is 0 Å². The van der Waals surface area contributed by atoms with Crippen molar-refractivity contribution in [3.05, 3.63) is 35.1 Å². The first-order chi connectivity index (χ1) is 11.0. The highest BCUT2D eigenvalue weighted by Gasteiger charge is 2.54. The summed E-state index contributed by atoms with van der Waals surface area (Å²) < 4.78 is 51.0. The lowest BCUT2D eigenvalue weighted by Crippen LogP contribution is -2.52. The molecule has 1 aromatic rings. The number of hydrogen-bond donors (Lipinski definition) is 1. The van der Waals surface area contributed by atoms with Crippen LogP contribution in [0.3, 0.4) is 0 Å². The summed E-state index contributed by atoms with van der Waals surface area (Å²) in [6.07, 6.45) is 0. The molecular formula is C18H30F3NOSi. The van der Waals surface area contributed by atoms with Crippen LogP contribution in [0.2, 0.25) is 18.1 Å². The molecule has 0 heterocycles. The number of halogens is 3. The van der Waals surface area contributed by atoms with Gasteiger partial charge >= 0.3 is 5.92 Å². The first-order valence-electron chi connectivity index (χ1n) is 8.60. The fourth-order valence-electron chi connectivity index (χ4n) is 3.04. The van der Waals surface area contributed by atoms with E-state index in [1.54, 1.807) is 6.92 Å². The Labute approximate surface area is 144 Å². The van der Waals surface area contributed by atoms with Crippen LogP contribution >= 0.6 is 0 Å². The van der Waals surface area contributed by atoms with Gasteiger partial charge in [-0.3, -0.25) is 0 Å².